The Morgan fingerprint density at radius 1 is 1.27 bits per heavy atom. The highest BCUT2D eigenvalue weighted by Gasteiger charge is 2.26. The van der Waals surface area contributed by atoms with Gasteiger partial charge in [-0.15, -0.1) is 0 Å². The maximum atomic E-state index is 6.15. The fraction of sp³-hybridized carbons (Fsp3) is 0.474. The highest BCUT2D eigenvalue weighted by molar-refractivity contribution is 5.98. The van der Waals surface area contributed by atoms with E-state index in [-0.39, 0.29) is 5.41 Å². The van der Waals surface area contributed by atoms with Gasteiger partial charge in [-0.05, 0) is 48.6 Å². The molecule has 1 atom stereocenters. The lowest BCUT2D eigenvalue weighted by molar-refractivity contribution is 0.311. The van der Waals surface area contributed by atoms with E-state index in [1.54, 1.807) is 0 Å². The molecule has 1 aromatic heterocycles. The molecule has 1 aromatic carbocycles. The summed E-state index contributed by atoms with van der Waals surface area (Å²) in [6, 6.07) is 4.55. The minimum atomic E-state index is 0.227. The predicted octanol–water partition coefficient (Wildman–Crippen LogP) is 3.86. The summed E-state index contributed by atoms with van der Waals surface area (Å²) in [6.45, 7) is 10.0. The minimum absolute atomic E-state index is 0.227. The first kappa shape index (κ1) is 15.2. The van der Waals surface area contributed by atoms with Crippen molar-refractivity contribution in [1.29, 1.82) is 0 Å². The lowest BCUT2D eigenvalue weighted by Gasteiger charge is -2.33. The summed E-state index contributed by atoms with van der Waals surface area (Å²) in [6.07, 6.45) is 5.74. The van der Waals surface area contributed by atoms with Crippen LogP contribution in [0.25, 0.3) is 16.5 Å². The van der Waals surface area contributed by atoms with Gasteiger partial charge in [0.05, 0.1) is 0 Å². The second kappa shape index (κ2) is 5.17. The molecule has 1 aliphatic rings. The number of aryl methyl sites for hydroxylation is 2. The molecule has 0 radical (unpaired) electrons. The largest absolute Gasteiger partial charge is 0.398 e. The summed E-state index contributed by atoms with van der Waals surface area (Å²) in [5.41, 5.74) is 12.5. The van der Waals surface area contributed by atoms with E-state index in [0.717, 1.165) is 18.7 Å². The number of nitrogens with one attached hydrogen (secondary N) is 1. The van der Waals surface area contributed by atoms with Crippen LogP contribution in [0.3, 0.4) is 0 Å². The molecule has 118 valence electrons. The first-order valence-electron chi connectivity index (χ1n) is 8.07. The number of hydrogen-bond acceptors (Lipinski definition) is 2. The molecule has 3 nitrogen and oxygen atoms in total. The van der Waals surface area contributed by atoms with E-state index in [0.29, 0.717) is 6.04 Å². The molecule has 0 aliphatic carbocycles. The lowest BCUT2D eigenvalue weighted by Crippen LogP contribution is -2.41. The van der Waals surface area contributed by atoms with Crippen molar-refractivity contribution in [2.75, 3.05) is 12.3 Å². The van der Waals surface area contributed by atoms with Crippen LogP contribution >= 0.6 is 0 Å². The van der Waals surface area contributed by atoms with Crippen LogP contribution in [-0.2, 0) is 7.05 Å². The molecule has 0 amide bonds. The van der Waals surface area contributed by atoms with Gasteiger partial charge in [-0.3, -0.25) is 0 Å². The van der Waals surface area contributed by atoms with Gasteiger partial charge in [0.1, 0.15) is 0 Å². The smallest absolute Gasteiger partial charge is 0.0488 e. The minimum Gasteiger partial charge on any atom is -0.398 e. The second-order valence-corrected chi connectivity index (χ2v) is 7.57. The van der Waals surface area contributed by atoms with Crippen LogP contribution in [0.4, 0.5) is 5.69 Å². The molecule has 3 heteroatoms. The normalized spacial score (nSPS) is 19.5. The predicted molar refractivity (Wildman–Crippen MR) is 95.9 cm³/mol. The van der Waals surface area contributed by atoms with Gasteiger partial charge >= 0.3 is 0 Å². The van der Waals surface area contributed by atoms with Crippen LogP contribution in [0.1, 0.15) is 38.3 Å². The average molecular weight is 297 g/mol. The Kier molecular flexibility index (Phi) is 3.56. The number of hydrogen-bond donors (Lipinski definition) is 2. The number of anilines is 1. The molecule has 0 fully saturated rings. The molecule has 0 saturated heterocycles. The van der Waals surface area contributed by atoms with E-state index >= 15 is 0 Å². The third-order valence-electron chi connectivity index (χ3n) is 4.86. The van der Waals surface area contributed by atoms with E-state index in [1.807, 2.05) is 6.07 Å². The number of fused-ring (bicyclic) bond motifs is 1. The van der Waals surface area contributed by atoms with E-state index < -0.39 is 0 Å². The maximum absolute atomic E-state index is 6.15. The van der Waals surface area contributed by atoms with Crippen molar-refractivity contribution in [2.45, 2.75) is 40.2 Å². The molecule has 3 N–H and O–H groups in total. The topological polar surface area (TPSA) is 43.0 Å². The highest BCUT2D eigenvalue weighted by Crippen LogP contribution is 2.36. The molecule has 3 rings (SSSR count). The molecular formula is C19H27N3. The molecule has 0 spiro atoms. The number of aromatic nitrogens is 1. The highest BCUT2D eigenvalue weighted by atomic mass is 14.9. The fourth-order valence-electron chi connectivity index (χ4n) is 3.41. The van der Waals surface area contributed by atoms with Gasteiger partial charge < -0.3 is 15.6 Å². The Balaban J connectivity index is 2.18. The summed E-state index contributed by atoms with van der Waals surface area (Å²) in [5.74, 6) is 0. The second-order valence-electron chi connectivity index (χ2n) is 7.57. The van der Waals surface area contributed by atoms with Gasteiger partial charge in [0.15, 0.2) is 0 Å². The van der Waals surface area contributed by atoms with Crippen molar-refractivity contribution >= 4 is 22.2 Å². The Hall–Kier alpha value is -1.74. The van der Waals surface area contributed by atoms with Crippen molar-refractivity contribution < 1.29 is 0 Å². The van der Waals surface area contributed by atoms with Gasteiger partial charge in [-0.1, -0.05) is 26.8 Å². The van der Waals surface area contributed by atoms with Gasteiger partial charge in [0.25, 0.3) is 0 Å². The maximum Gasteiger partial charge on any atom is 0.0488 e. The van der Waals surface area contributed by atoms with Crippen LogP contribution in [0, 0.1) is 12.3 Å². The third kappa shape index (κ3) is 2.44. The van der Waals surface area contributed by atoms with Crippen molar-refractivity contribution in [1.82, 2.24) is 9.88 Å². The molecule has 1 unspecified atom stereocenters. The monoisotopic (exact) mass is 297 g/mol. The first-order valence-corrected chi connectivity index (χ1v) is 8.07. The van der Waals surface area contributed by atoms with Crippen LogP contribution in [0.5, 0.6) is 0 Å². The van der Waals surface area contributed by atoms with Crippen molar-refractivity contribution in [3.8, 4) is 0 Å². The molecule has 0 bridgehead atoms. The zero-order chi connectivity index (χ0) is 16.1. The number of nitrogens with two attached hydrogens (primary N) is 1. The summed E-state index contributed by atoms with van der Waals surface area (Å²) < 4.78 is 2.21. The van der Waals surface area contributed by atoms with E-state index in [1.165, 1.54) is 27.6 Å². The zero-order valence-electron chi connectivity index (χ0n) is 14.3. The van der Waals surface area contributed by atoms with Crippen LogP contribution in [0.2, 0.25) is 0 Å². The molecular weight excluding hydrogens is 270 g/mol. The SMILES string of the molecule is Cc1c(N)ccc2c1c(C1=CC(C(C)(C)C)NCC1)cn2C. The zero-order valence-corrected chi connectivity index (χ0v) is 14.3. The Morgan fingerprint density at radius 3 is 2.68 bits per heavy atom. The van der Waals surface area contributed by atoms with Crippen molar-refractivity contribution in [3.63, 3.8) is 0 Å². The lowest BCUT2D eigenvalue weighted by atomic mass is 9.82. The van der Waals surface area contributed by atoms with Gasteiger partial charge in [0, 0.05) is 41.4 Å². The summed E-state index contributed by atoms with van der Waals surface area (Å²) in [7, 11) is 2.12. The number of nitrogens with zero attached hydrogens (tertiary/aromatic N) is 1. The van der Waals surface area contributed by atoms with Crippen LogP contribution in [0.15, 0.2) is 24.4 Å². The molecule has 1 aliphatic heterocycles. The van der Waals surface area contributed by atoms with Gasteiger partial charge in [0.2, 0.25) is 0 Å². The van der Waals surface area contributed by atoms with E-state index in [4.69, 9.17) is 5.73 Å². The molecule has 2 heterocycles. The van der Waals surface area contributed by atoms with Crippen LogP contribution < -0.4 is 11.1 Å². The molecule has 2 aromatic rings. The van der Waals surface area contributed by atoms with Gasteiger partial charge in [-0.2, -0.15) is 0 Å². The quantitative estimate of drug-likeness (QED) is 0.785. The standard InChI is InChI=1S/C19H27N3/c1-12-15(20)6-7-16-18(12)14(11-22(16)5)13-8-9-21-17(10-13)19(2,3)4/h6-7,10-11,17,21H,8-9,20H2,1-5H3. The molecule has 0 saturated carbocycles. The summed E-state index contributed by atoms with van der Waals surface area (Å²) >= 11 is 0. The van der Waals surface area contributed by atoms with Crippen molar-refractivity contribution in [2.24, 2.45) is 12.5 Å². The van der Waals surface area contributed by atoms with Crippen LogP contribution in [-0.4, -0.2) is 17.2 Å². The Morgan fingerprint density at radius 2 is 2.00 bits per heavy atom. The van der Waals surface area contributed by atoms with E-state index in [9.17, 15) is 0 Å². The van der Waals surface area contributed by atoms with Gasteiger partial charge in [-0.25, -0.2) is 0 Å². The molecule has 22 heavy (non-hydrogen) atoms. The first-order chi connectivity index (χ1) is 10.3. The Labute approximate surface area is 133 Å². The van der Waals surface area contributed by atoms with E-state index in [2.05, 4.69) is 63.0 Å². The number of nitrogen functional groups attached to an aromatic ring is 1. The van der Waals surface area contributed by atoms with Crippen molar-refractivity contribution in [3.05, 3.63) is 35.5 Å². The summed E-state index contributed by atoms with van der Waals surface area (Å²) in [5, 5.41) is 4.94. The Bertz CT molecular complexity index is 744. The summed E-state index contributed by atoms with van der Waals surface area (Å²) in [4.78, 5) is 0. The fourth-order valence-corrected chi connectivity index (χ4v) is 3.41. The average Bonchev–Trinajstić information content (AvgIpc) is 2.80. The number of rotatable bonds is 1. The number of benzene rings is 1. The third-order valence-corrected chi connectivity index (χ3v) is 4.86.